The lowest BCUT2D eigenvalue weighted by Gasteiger charge is -1.91. The first kappa shape index (κ1) is 6.18. The molecule has 0 rings (SSSR count). The van der Waals surface area contributed by atoms with Crippen LogP contribution in [0.15, 0.2) is 0 Å². The van der Waals surface area contributed by atoms with E-state index in [9.17, 15) is 0 Å². The van der Waals surface area contributed by atoms with Crippen molar-refractivity contribution in [2.75, 3.05) is 12.8 Å². The first-order chi connectivity index (χ1) is 2.91. The maximum Gasteiger partial charge on any atom is 0.0485 e. The van der Waals surface area contributed by atoms with Crippen molar-refractivity contribution in [2.45, 2.75) is 13.5 Å². The Labute approximate surface area is 41.5 Å². The zero-order valence-corrected chi connectivity index (χ0v) is 5.94. The fraction of sp³-hybridized carbons (Fsp3) is 1.00. The monoisotopic (exact) mass is 104 g/mol. The van der Waals surface area contributed by atoms with Gasteiger partial charge in [-0.25, -0.2) is 0 Å². The van der Waals surface area contributed by atoms with Gasteiger partial charge >= 0.3 is 0 Å². The van der Waals surface area contributed by atoms with Crippen molar-refractivity contribution >= 4 is 9.52 Å². The fourth-order valence-electron chi connectivity index (χ4n) is 0.289. The Morgan fingerprint density at radius 3 is 2.50 bits per heavy atom. The number of ether oxygens (including phenoxy) is 1. The zero-order valence-electron chi connectivity index (χ0n) is 4.53. The lowest BCUT2D eigenvalue weighted by molar-refractivity contribution is 0.193. The Morgan fingerprint density at radius 1 is 1.67 bits per heavy atom. The molecule has 0 atom stereocenters. The molecule has 0 bridgehead atoms. The van der Waals surface area contributed by atoms with Crippen LogP contribution in [-0.2, 0) is 4.74 Å². The van der Waals surface area contributed by atoms with Crippen LogP contribution in [0.5, 0.6) is 0 Å². The SMILES string of the molecule is CCOC[SiH2]C. The van der Waals surface area contributed by atoms with Crippen molar-refractivity contribution in [1.82, 2.24) is 0 Å². The van der Waals surface area contributed by atoms with Gasteiger partial charge in [-0.15, -0.1) is 0 Å². The van der Waals surface area contributed by atoms with Gasteiger partial charge in [-0.3, -0.25) is 0 Å². The van der Waals surface area contributed by atoms with E-state index in [1.165, 1.54) is 0 Å². The van der Waals surface area contributed by atoms with Crippen molar-refractivity contribution in [2.24, 2.45) is 0 Å². The first-order valence-corrected chi connectivity index (χ1v) is 4.91. The van der Waals surface area contributed by atoms with Gasteiger partial charge in [0.2, 0.25) is 0 Å². The van der Waals surface area contributed by atoms with Gasteiger partial charge in [-0.2, -0.15) is 0 Å². The van der Waals surface area contributed by atoms with E-state index in [1.807, 2.05) is 6.92 Å². The van der Waals surface area contributed by atoms with Gasteiger partial charge in [-0.1, -0.05) is 6.55 Å². The van der Waals surface area contributed by atoms with E-state index in [-0.39, 0.29) is 9.52 Å². The molecule has 0 N–H and O–H groups in total. The smallest absolute Gasteiger partial charge is 0.0485 e. The molecular formula is C4H12OSi. The van der Waals surface area contributed by atoms with E-state index in [0.717, 1.165) is 12.8 Å². The fourth-order valence-corrected chi connectivity index (χ4v) is 0.866. The molecule has 0 aromatic heterocycles. The Balaban J connectivity index is 2.34. The summed E-state index contributed by atoms with van der Waals surface area (Å²) in [6.07, 6.45) is 1.05. The van der Waals surface area contributed by atoms with Crippen molar-refractivity contribution < 1.29 is 4.74 Å². The highest BCUT2D eigenvalue weighted by atomic mass is 28.2. The van der Waals surface area contributed by atoms with Crippen molar-refractivity contribution in [1.29, 1.82) is 0 Å². The largest absolute Gasteiger partial charge is 0.386 e. The predicted octanol–water partition coefficient (Wildman–Crippen LogP) is 0.197. The standard InChI is InChI=1S/C4H12OSi/c1-3-5-4-6-2/h3-4,6H2,1-2H3. The predicted molar refractivity (Wildman–Crippen MR) is 30.9 cm³/mol. The van der Waals surface area contributed by atoms with Gasteiger partial charge < -0.3 is 4.74 Å². The van der Waals surface area contributed by atoms with Crippen molar-refractivity contribution in [3.63, 3.8) is 0 Å². The van der Waals surface area contributed by atoms with Crippen LogP contribution in [-0.4, -0.2) is 22.4 Å². The summed E-state index contributed by atoms with van der Waals surface area (Å²) < 4.78 is 5.04. The third kappa shape index (κ3) is 4.18. The van der Waals surface area contributed by atoms with Crippen LogP contribution in [0.2, 0.25) is 6.55 Å². The van der Waals surface area contributed by atoms with E-state index in [0.29, 0.717) is 0 Å². The summed E-state index contributed by atoms with van der Waals surface area (Å²) in [6.45, 7) is 5.17. The summed E-state index contributed by atoms with van der Waals surface area (Å²) in [6, 6.07) is 0. The second kappa shape index (κ2) is 5.18. The summed E-state index contributed by atoms with van der Waals surface area (Å²) >= 11 is 0. The lowest BCUT2D eigenvalue weighted by atomic mass is 10.9. The van der Waals surface area contributed by atoms with Crippen LogP contribution in [0.4, 0.5) is 0 Å². The van der Waals surface area contributed by atoms with Gasteiger partial charge in [0.1, 0.15) is 0 Å². The van der Waals surface area contributed by atoms with Crippen molar-refractivity contribution in [3.8, 4) is 0 Å². The van der Waals surface area contributed by atoms with Gasteiger partial charge in [-0.05, 0) is 6.92 Å². The highest BCUT2D eigenvalue weighted by Gasteiger charge is 1.73. The third-order valence-electron chi connectivity index (χ3n) is 0.553. The molecule has 0 unspecified atom stereocenters. The molecule has 0 aliphatic heterocycles. The molecule has 0 aromatic carbocycles. The van der Waals surface area contributed by atoms with Crippen LogP contribution >= 0.6 is 0 Å². The molecule has 1 nitrogen and oxygen atoms in total. The average Bonchev–Trinajstić information content (AvgIpc) is 1.61. The molecule has 0 aliphatic rings. The molecule has 38 valence electrons. The van der Waals surface area contributed by atoms with Crippen molar-refractivity contribution in [3.05, 3.63) is 0 Å². The molecule has 0 radical (unpaired) electrons. The molecule has 0 aromatic rings. The van der Waals surface area contributed by atoms with Gasteiger partial charge in [0.15, 0.2) is 0 Å². The number of hydrogen-bond acceptors (Lipinski definition) is 1. The first-order valence-electron chi connectivity index (χ1n) is 2.49. The summed E-state index contributed by atoms with van der Waals surface area (Å²) in [5.41, 5.74) is 0. The summed E-state index contributed by atoms with van der Waals surface area (Å²) in [7, 11) is 0.181. The van der Waals surface area contributed by atoms with E-state index in [2.05, 4.69) is 6.55 Å². The van der Waals surface area contributed by atoms with Crippen LogP contribution in [0.3, 0.4) is 0 Å². The highest BCUT2D eigenvalue weighted by molar-refractivity contribution is 6.33. The van der Waals surface area contributed by atoms with Crippen LogP contribution in [0, 0.1) is 0 Å². The minimum Gasteiger partial charge on any atom is -0.386 e. The molecule has 6 heavy (non-hydrogen) atoms. The second-order valence-corrected chi connectivity index (χ2v) is 2.61. The van der Waals surface area contributed by atoms with Gasteiger partial charge in [0.05, 0.1) is 0 Å². The molecule has 0 fully saturated rings. The summed E-state index contributed by atoms with van der Waals surface area (Å²) in [5.74, 6) is 0. The van der Waals surface area contributed by atoms with E-state index in [4.69, 9.17) is 4.74 Å². The Bertz CT molecular complexity index is 19.5. The van der Waals surface area contributed by atoms with Crippen LogP contribution in [0.1, 0.15) is 6.92 Å². The molecule has 2 heteroatoms. The van der Waals surface area contributed by atoms with Gasteiger partial charge in [0, 0.05) is 22.4 Å². The van der Waals surface area contributed by atoms with E-state index >= 15 is 0 Å². The molecular weight excluding hydrogens is 92.1 g/mol. The second-order valence-electron chi connectivity index (χ2n) is 1.20. The Morgan fingerprint density at radius 2 is 2.33 bits per heavy atom. The molecule has 0 amide bonds. The van der Waals surface area contributed by atoms with Gasteiger partial charge in [0.25, 0.3) is 0 Å². The number of hydrogen-bond donors (Lipinski definition) is 0. The molecule has 0 aliphatic carbocycles. The normalized spacial score (nSPS) is 11.0. The third-order valence-corrected chi connectivity index (χ3v) is 1.25. The Hall–Kier alpha value is 0.177. The summed E-state index contributed by atoms with van der Waals surface area (Å²) in [5, 5.41) is 0. The highest BCUT2D eigenvalue weighted by Crippen LogP contribution is 1.66. The van der Waals surface area contributed by atoms with Crippen LogP contribution < -0.4 is 0 Å². The molecule has 0 spiro atoms. The maximum atomic E-state index is 5.04. The maximum absolute atomic E-state index is 5.04. The molecule has 0 saturated carbocycles. The lowest BCUT2D eigenvalue weighted by Crippen LogP contribution is -1.97. The quantitative estimate of drug-likeness (QED) is 0.367. The summed E-state index contributed by atoms with van der Waals surface area (Å²) in [4.78, 5) is 0. The van der Waals surface area contributed by atoms with E-state index < -0.39 is 0 Å². The minimum atomic E-state index is 0.181. The van der Waals surface area contributed by atoms with Crippen LogP contribution in [0.25, 0.3) is 0 Å². The molecule has 0 saturated heterocycles. The topological polar surface area (TPSA) is 9.23 Å². The molecule has 0 heterocycles. The number of rotatable bonds is 3. The average molecular weight is 104 g/mol. The zero-order chi connectivity index (χ0) is 4.83. The minimum absolute atomic E-state index is 0.181. The van der Waals surface area contributed by atoms with E-state index in [1.54, 1.807) is 0 Å². The Kier molecular flexibility index (Phi) is 5.33.